The lowest BCUT2D eigenvalue weighted by molar-refractivity contribution is -0.122. The number of ether oxygens (including phenoxy) is 2. The average Bonchev–Trinajstić information content (AvgIpc) is 3.21. The van der Waals surface area contributed by atoms with Crippen molar-refractivity contribution in [2.24, 2.45) is 0 Å². The van der Waals surface area contributed by atoms with E-state index in [1.165, 1.54) is 4.88 Å². The van der Waals surface area contributed by atoms with E-state index in [0.29, 0.717) is 29.9 Å². The second kappa shape index (κ2) is 7.72. The van der Waals surface area contributed by atoms with Gasteiger partial charge in [0, 0.05) is 46.4 Å². The van der Waals surface area contributed by atoms with E-state index < -0.39 is 0 Å². The average molecular weight is 462 g/mol. The molecule has 0 fully saturated rings. The van der Waals surface area contributed by atoms with Gasteiger partial charge in [-0.1, -0.05) is 6.07 Å². The van der Waals surface area contributed by atoms with Crippen molar-refractivity contribution in [3.05, 3.63) is 55.8 Å². The van der Waals surface area contributed by atoms with Gasteiger partial charge in [-0.3, -0.25) is 9.59 Å². The fourth-order valence-corrected chi connectivity index (χ4v) is 5.42. The molecule has 2 aliphatic rings. The van der Waals surface area contributed by atoms with Crippen LogP contribution in [0.1, 0.15) is 41.5 Å². The lowest BCUT2D eigenvalue weighted by Crippen LogP contribution is -2.38. The summed E-state index contributed by atoms with van der Waals surface area (Å²) >= 11 is 5.12. The van der Waals surface area contributed by atoms with Gasteiger partial charge in [-0.25, -0.2) is 0 Å². The van der Waals surface area contributed by atoms with E-state index in [-0.39, 0.29) is 29.9 Å². The smallest absolute Gasteiger partial charge is 0.225 e. The highest BCUT2D eigenvalue weighted by molar-refractivity contribution is 9.10. The van der Waals surface area contributed by atoms with Gasteiger partial charge in [0.15, 0.2) is 5.78 Å². The molecular formula is C21H20BrNO4S. The van der Waals surface area contributed by atoms with Crippen molar-refractivity contribution in [1.29, 1.82) is 0 Å². The highest BCUT2D eigenvalue weighted by Crippen LogP contribution is 2.47. The zero-order valence-corrected chi connectivity index (χ0v) is 18.0. The third-order valence-electron chi connectivity index (χ3n) is 5.36. The van der Waals surface area contributed by atoms with Crippen LogP contribution >= 0.6 is 27.3 Å². The Hall–Kier alpha value is -2.12. The molecule has 1 aliphatic heterocycles. The number of halogens is 1. The van der Waals surface area contributed by atoms with Crippen molar-refractivity contribution >= 4 is 39.0 Å². The van der Waals surface area contributed by atoms with Crippen LogP contribution in [0, 0.1) is 0 Å². The summed E-state index contributed by atoms with van der Waals surface area (Å²) in [5, 5.41) is 4.98. The van der Waals surface area contributed by atoms with Crippen LogP contribution in [0.3, 0.4) is 0 Å². The Kier molecular flexibility index (Phi) is 5.29. The maximum absolute atomic E-state index is 13.2. The summed E-state index contributed by atoms with van der Waals surface area (Å²) in [6, 6.07) is 7.73. The van der Waals surface area contributed by atoms with Gasteiger partial charge in [0.25, 0.3) is 0 Å². The Labute approximate surface area is 175 Å². The quantitative estimate of drug-likeness (QED) is 0.725. The SMILES string of the molecule is COc1cc([C@@H]2CC(=O)NC3=C2C(=O)C[C@H](c2cccs2)C3)c(OC)cc1Br. The maximum atomic E-state index is 13.2. The zero-order chi connectivity index (χ0) is 19.8. The van der Waals surface area contributed by atoms with Gasteiger partial charge in [-0.05, 0) is 45.9 Å². The molecule has 1 aromatic carbocycles. The number of nitrogens with one attached hydrogen (secondary N) is 1. The number of carbonyl (C=O) groups excluding carboxylic acids is 2. The Morgan fingerprint density at radius 1 is 1.11 bits per heavy atom. The van der Waals surface area contributed by atoms with Gasteiger partial charge in [-0.15, -0.1) is 11.3 Å². The number of hydrogen-bond donors (Lipinski definition) is 1. The minimum atomic E-state index is -0.336. The van der Waals surface area contributed by atoms with Gasteiger partial charge in [-0.2, -0.15) is 0 Å². The first-order valence-electron chi connectivity index (χ1n) is 9.02. The number of ketones is 1. The summed E-state index contributed by atoms with van der Waals surface area (Å²) < 4.78 is 11.8. The van der Waals surface area contributed by atoms with Gasteiger partial charge in [0.05, 0.1) is 18.7 Å². The molecule has 146 valence electrons. The Morgan fingerprint density at radius 3 is 2.57 bits per heavy atom. The predicted molar refractivity (Wildman–Crippen MR) is 111 cm³/mol. The lowest BCUT2D eigenvalue weighted by Gasteiger charge is -2.34. The van der Waals surface area contributed by atoms with Crippen LogP contribution in [0.5, 0.6) is 11.5 Å². The van der Waals surface area contributed by atoms with Crippen LogP contribution in [0.2, 0.25) is 0 Å². The number of rotatable bonds is 4. The zero-order valence-electron chi connectivity index (χ0n) is 15.6. The monoisotopic (exact) mass is 461 g/mol. The second-order valence-electron chi connectivity index (χ2n) is 6.97. The van der Waals surface area contributed by atoms with Gasteiger partial charge in [0.1, 0.15) is 11.5 Å². The minimum absolute atomic E-state index is 0.0766. The first kappa shape index (κ1) is 19.2. The molecule has 1 N–H and O–H groups in total. The summed E-state index contributed by atoms with van der Waals surface area (Å²) in [5.41, 5.74) is 2.25. The molecule has 0 saturated carbocycles. The highest BCUT2D eigenvalue weighted by Gasteiger charge is 2.39. The molecule has 1 aromatic heterocycles. The number of amides is 1. The molecule has 1 amide bonds. The summed E-state index contributed by atoms with van der Waals surface area (Å²) in [7, 11) is 3.18. The number of hydrogen-bond acceptors (Lipinski definition) is 5. The molecule has 0 radical (unpaired) electrons. The van der Waals surface area contributed by atoms with Crippen molar-refractivity contribution in [3.63, 3.8) is 0 Å². The molecule has 2 aromatic rings. The fraction of sp³-hybridized carbons (Fsp3) is 0.333. The molecular weight excluding hydrogens is 442 g/mol. The largest absolute Gasteiger partial charge is 0.496 e. The molecule has 7 heteroatoms. The minimum Gasteiger partial charge on any atom is -0.496 e. The van der Waals surface area contributed by atoms with Crippen LogP contribution < -0.4 is 14.8 Å². The molecule has 2 atom stereocenters. The van der Waals surface area contributed by atoms with E-state index in [4.69, 9.17) is 9.47 Å². The summed E-state index contributed by atoms with van der Waals surface area (Å²) in [6.07, 6.45) is 1.34. The number of benzene rings is 1. The number of methoxy groups -OCH3 is 2. The van der Waals surface area contributed by atoms with E-state index in [2.05, 4.69) is 27.3 Å². The summed E-state index contributed by atoms with van der Waals surface area (Å²) in [5.74, 6) is 1.07. The number of allylic oxidation sites excluding steroid dienone is 2. The topological polar surface area (TPSA) is 64.6 Å². The third kappa shape index (κ3) is 3.37. The first-order chi connectivity index (χ1) is 13.5. The Bertz CT molecular complexity index is 967. The van der Waals surface area contributed by atoms with Crippen LogP contribution in [0.15, 0.2) is 45.4 Å². The van der Waals surface area contributed by atoms with Gasteiger partial charge < -0.3 is 14.8 Å². The standard InChI is InChI=1S/C21H20BrNO4S/c1-26-17-10-14(22)18(27-2)8-12(17)13-9-20(25)23-15-6-11(7-16(24)21(13)15)19-4-3-5-28-19/h3-5,8,10-11,13H,6-7,9H2,1-2H3,(H,23,25)/t11-,13+/m1/s1. The maximum Gasteiger partial charge on any atom is 0.225 e. The van der Waals surface area contributed by atoms with E-state index in [9.17, 15) is 9.59 Å². The third-order valence-corrected chi connectivity index (χ3v) is 7.02. The molecule has 0 saturated heterocycles. The normalized spacial score (nSPS) is 22.0. The van der Waals surface area contributed by atoms with Gasteiger partial charge >= 0.3 is 0 Å². The molecule has 0 bridgehead atoms. The molecule has 0 spiro atoms. The van der Waals surface area contributed by atoms with Gasteiger partial charge in [0.2, 0.25) is 5.91 Å². The van der Waals surface area contributed by atoms with Crippen molar-refractivity contribution in [3.8, 4) is 11.5 Å². The predicted octanol–water partition coefficient (Wildman–Crippen LogP) is 4.53. The Balaban J connectivity index is 1.79. The number of carbonyl (C=O) groups is 2. The van der Waals surface area contributed by atoms with E-state index in [1.807, 2.05) is 23.6 Å². The molecule has 5 nitrogen and oxygen atoms in total. The van der Waals surface area contributed by atoms with Crippen molar-refractivity contribution < 1.29 is 19.1 Å². The molecule has 0 unspecified atom stereocenters. The fourth-order valence-electron chi connectivity index (χ4n) is 4.11. The number of Topliss-reactive ketones (excluding diaryl/α,β-unsaturated/α-hetero) is 1. The van der Waals surface area contributed by atoms with Crippen LogP contribution in [0.4, 0.5) is 0 Å². The number of thiophene rings is 1. The molecule has 28 heavy (non-hydrogen) atoms. The summed E-state index contributed by atoms with van der Waals surface area (Å²) in [4.78, 5) is 26.8. The molecule has 2 heterocycles. The van der Waals surface area contributed by atoms with Crippen LogP contribution in [-0.2, 0) is 9.59 Å². The van der Waals surface area contributed by atoms with Crippen LogP contribution in [-0.4, -0.2) is 25.9 Å². The van der Waals surface area contributed by atoms with Crippen molar-refractivity contribution in [1.82, 2.24) is 5.32 Å². The van der Waals surface area contributed by atoms with Crippen molar-refractivity contribution in [2.45, 2.75) is 31.1 Å². The molecule has 1 aliphatic carbocycles. The highest BCUT2D eigenvalue weighted by atomic mass is 79.9. The lowest BCUT2D eigenvalue weighted by atomic mass is 9.74. The Morgan fingerprint density at radius 2 is 1.89 bits per heavy atom. The second-order valence-corrected chi connectivity index (χ2v) is 8.80. The first-order valence-corrected chi connectivity index (χ1v) is 10.7. The summed E-state index contributed by atoms with van der Waals surface area (Å²) in [6.45, 7) is 0. The van der Waals surface area contributed by atoms with E-state index in [1.54, 1.807) is 25.6 Å². The molecule has 4 rings (SSSR count). The van der Waals surface area contributed by atoms with Crippen LogP contribution in [0.25, 0.3) is 0 Å². The van der Waals surface area contributed by atoms with Crippen molar-refractivity contribution in [2.75, 3.05) is 14.2 Å². The van der Waals surface area contributed by atoms with E-state index in [0.717, 1.165) is 15.7 Å². The van der Waals surface area contributed by atoms with E-state index >= 15 is 0 Å².